The van der Waals surface area contributed by atoms with Gasteiger partial charge in [-0.25, -0.2) is 4.98 Å². The molecule has 2 aromatic heterocycles. The molecule has 1 aliphatic heterocycles. The number of aromatic nitrogens is 2. The third-order valence-corrected chi connectivity index (χ3v) is 4.75. The summed E-state index contributed by atoms with van der Waals surface area (Å²) in [6.07, 6.45) is 6.22. The normalized spacial score (nSPS) is 19.1. The smallest absolute Gasteiger partial charge is 0.308 e. The number of carbonyl (C=O) groups excluding carboxylic acids is 1. The number of aliphatic carboxylic acids is 1. The van der Waals surface area contributed by atoms with E-state index in [1.54, 1.807) is 11.0 Å². The van der Waals surface area contributed by atoms with Crippen LogP contribution in [-0.2, 0) is 9.59 Å². The molecular weight excluding hydrogens is 326 g/mol. The molecule has 0 saturated carbocycles. The van der Waals surface area contributed by atoms with Gasteiger partial charge >= 0.3 is 5.97 Å². The first-order valence-electron chi connectivity index (χ1n) is 6.87. The van der Waals surface area contributed by atoms with Gasteiger partial charge in [-0.05, 0) is 18.9 Å². The highest BCUT2D eigenvalue weighted by atomic mass is 35.5. The lowest BCUT2D eigenvalue weighted by atomic mass is 9.98. The minimum Gasteiger partial charge on any atom is -0.481 e. The molecule has 2 aromatic rings. The number of fused-ring (bicyclic) bond motifs is 1. The second kappa shape index (κ2) is 6.10. The van der Waals surface area contributed by atoms with Gasteiger partial charge in [-0.2, -0.15) is 0 Å². The van der Waals surface area contributed by atoms with E-state index in [9.17, 15) is 9.59 Å². The lowest BCUT2D eigenvalue weighted by Crippen LogP contribution is -2.41. The van der Waals surface area contributed by atoms with Crippen molar-refractivity contribution in [2.45, 2.75) is 12.8 Å². The number of amides is 1. The summed E-state index contributed by atoms with van der Waals surface area (Å²) < 4.78 is 1.81. The zero-order valence-electron chi connectivity index (χ0n) is 11.6. The zero-order valence-corrected chi connectivity index (χ0v) is 13.2. The van der Waals surface area contributed by atoms with Gasteiger partial charge in [0.25, 0.3) is 0 Å². The van der Waals surface area contributed by atoms with Crippen molar-refractivity contribution in [1.29, 1.82) is 0 Å². The van der Waals surface area contributed by atoms with E-state index < -0.39 is 11.9 Å². The van der Waals surface area contributed by atoms with Crippen LogP contribution in [0.3, 0.4) is 0 Å². The van der Waals surface area contributed by atoms with E-state index >= 15 is 0 Å². The second-order valence-corrected chi connectivity index (χ2v) is 6.37. The Morgan fingerprint density at radius 2 is 2.32 bits per heavy atom. The Morgan fingerprint density at radius 1 is 1.50 bits per heavy atom. The number of hydrogen-bond acceptors (Lipinski definition) is 4. The summed E-state index contributed by atoms with van der Waals surface area (Å²) >= 11 is 7.52. The average Bonchev–Trinajstić information content (AvgIpc) is 3.06. The molecule has 1 fully saturated rings. The van der Waals surface area contributed by atoms with E-state index in [4.69, 9.17) is 16.7 Å². The second-order valence-electron chi connectivity index (χ2n) is 5.14. The Hall–Kier alpha value is -1.86. The van der Waals surface area contributed by atoms with Gasteiger partial charge in [0.15, 0.2) is 10.1 Å². The molecule has 22 heavy (non-hydrogen) atoms. The van der Waals surface area contributed by atoms with Gasteiger partial charge in [0, 0.05) is 30.7 Å². The molecule has 6 nitrogen and oxygen atoms in total. The van der Waals surface area contributed by atoms with Crippen LogP contribution < -0.4 is 0 Å². The maximum absolute atomic E-state index is 12.2. The lowest BCUT2D eigenvalue weighted by molar-refractivity contribution is -0.144. The third kappa shape index (κ3) is 2.86. The summed E-state index contributed by atoms with van der Waals surface area (Å²) in [5.41, 5.74) is 0.651. The van der Waals surface area contributed by atoms with Crippen LogP contribution in [0.15, 0.2) is 17.7 Å². The molecule has 0 aliphatic carbocycles. The molecule has 0 radical (unpaired) electrons. The topological polar surface area (TPSA) is 74.9 Å². The van der Waals surface area contributed by atoms with Crippen LogP contribution in [0.4, 0.5) is 0 Å². The molecule has 1 N–H and O–H groups in total. The van der Waals surface area contributed by atoms with E-state index in [-0.39, 0.29) is 12.5 Å². The van der Waals surface area contributed by atoms with Gasteiger partial charge in [-0.1, -0.05) is 11.6 Å². The fourth-order valence-corrected chi connectivity index (χ4v) is 3.57. The average molecular weight is 340 g/mol. The van der Waals surface area contributed by atoms with Crippen LogP contribution >= 0.6 is 22.9 Å². The molecule has 3 rings (SSSR count). The molecular formula is C14H14ClN3O3S. The number of carboxylic acids is 1. The molecule has 116 valence electrons. The molecule has 1 amide bonds. The molecule has 1 saturated heterocycles. The number of piperidine rings is 1. The van der Waals surface area contributed by atoms with Gasteiger partial charge < -0.3 is 10.0 Å². The number of imidazole rings is 1. The van der Waals surface area contributed by atoms with Crippen LogP contribution in [0.2, 0.25) is 5.15 Å². The number of carbonyl (C=O) groups is 2. The van der Waals surface area contributed by atoms with Crippen LogP contribution in [0.25, 0.3) is 11.0 Å². The van der Waals surface area contributed by atoms with Crippen molar-refractivity contribution in [2.75, 3.05) is 13.1 Å². The van der Waals surface area contributed by atoms with Gasteiger partial charge in [-0.15, -0.1) is 11.3 Å². The first-order chi connectivity index (χ1) is 10.6. The Labute approximate surface area is 135 Å². The van der Waals surface area contributed by atoms with E-state index in [0.29, 0.717) is 30.2 Å². The van der Waals surface area contributed by atoms with Crippen molar-refractivity contribution in [1.82, 2.24) is 14.3 Å². The van der Waals surface area contributed by atoms with Gasteiger partial charge in [0.2, 0.25) is 5.91 Å². The monoisotopic (exact) mass is 339 g/mol. The number of halogens is 1. The first-order valence-corrected chi connectivity index (χ1v) is 8.13. The van der Waals surface area contributed by atoms with Gasteiger partial charge in [0.05, 0.1) is 11.6 Å². The molecule has 0 bridgehead atoms. The lowest BCUT2D eigenvalue weighted by Gasteiger charge is -2.29. The molecule has 8 heteroatoms. The van der Waals surface area contributed by atoms with Gasteiger partial charge in [0.1, 0.15) is 0 Å². The van der Waals surface area contributed by atoms with Crippen molar-refractivity contribution < 1.29 is 14.7 Å². The number of hydrogen-bond donors (Lipinski definition) is 1. The predicted octanol–water partition coefficient (Wildman–Crippen LogP) is 2.39. The van der Waals surface area contributed by atoms with E-state index in [2.05, 4.69) is 4.98 Å². The Kier molecular flexibility index (Phi) is 4.17. The largest absolute Gasteiger partial charge is 0.481 e. The molecule has 0 aromatic carbocycles. The molecule has 1 unspecified atom stereocenters. The summed E-state index contributed by atoms with van der Waals surface area (Å²) in [4.78, 5) is 29.8. The van der Waals surface area contributed by atoms with Crippen LogP contribution in [0.5, 0.6) is 0 Å². The predicted molar refractivity (Wildman–Crippen MR) is 84.1 cm³/mol. The maximum Gasteiger partial charge on any atom is 0.308 e. The SMILES string of the molecule is O=C(O)C1CCCN(C(=O)C=Cc2c(Cl)nc3sccn23)C1. The first kappa shape index (κ1) is 15.1. The standard InChI is InChI=1S/C14H14ClN3O3S/c15-12-10(18-6-7-22-14(18)16-12)3-4-11(19)17-5-1-2-9(8-17)13(20)21/h3-4,6-7,9H,1-2,5,8H2,(H,20,21). The minimum absolute atomic E-state index is 0.202. The molecule has 0 spiro atoms. The fraction of sp³-hybridized carbons (Fsp3) is 0.357. The zero-order chi connectivity index (χ0) is 15.7. The summed E-state index contributed by atoms with van der Waals surface area (Å²) in [6, 6.07) is 0. The van der Waals surface area contributed by atoms with E-state index in [1.165, 1.54) is 17.4 Å². The Morgan fingerprint density at radius 3 is 3.09 bits per heavy atom. The maximum atomic E-state index is 12.2. The Bertz CT molecular complexity index is 752. The van der Waals surface area contributed by atoms with Crippen LogP contribution in [0.1, 0.15) is 18.5 Å². The van der Waals surface area contributed by atoms with Crippen molar-refractivity contribution in [2.24, 2.45) is 5.92 Å². The van der Waals surface area contributed by atoms with Crippen molar-refractivity contribution in [3.8, 4) is 0 Å². The van der Waals surface area contributed by atoms with E-state index in [0.717, 1.165) is 4.96 Å². The molecule has 1 atom stereocenters. The van der Waals surface area contributed by atoms with Crippen molar-refractivity contribution in [3.63, 3.8) is 0 Å². The van der Waals surface area contributed by atoms with E-state index in [1.807, 2.05) is 16.0 Å². The van der Waals surface area contributed by atoms with Crippen molar-refractivity contribution >= 4 is 45.9 Å². The summed E-state index contributed by atoms with van der Waals surface area (Å²) in [5.74, 6) is -1.53. The Balaban J connectivity index is 1.74. The van der Waals surface area contributed by atoms with Crippen molar-refractivity contribution in [3.05, 3.63) is 28.5 Å². The third-order valence-electron chi connectivity index (χ3n) is 3.72. The molecule has 1 aliphatic rings. The fourth-order valence-electron chi connectivity index (χ4n) is 2.56. The highest BCUT2D eigenvalue weighted by Crippen LogP contribution is 2.23. The minimum atomic E-state index is -0.847. The number of rotatable bonds is 3. The quantitative estimate of drug-likeness (QED) is 0.871. The van der Waals surface area contributed by atoms with Crippen LogP contribution in [-0.4, -0.2) is 44.4 Å². The summed E-state index contributed by atoms with van der Waals surface area (Å²) in [6.45, 7) is 0.841. The highest BCUT2D eigenvalue weighted by molar-refractivity contribution is 7.15. The number of thiazole rings is 1. The number of carboxylic acid groups (broad SMARTS) is 1. The highest BCUT2D eigenvalue weighted by Gasteiger charge is 2.27. The molecule has 3 heterocycles. The summed E-state index contributed by atoms with van der Waals surface area (Å²) in [5, 5.41) is 11.3. The number of nitrogens with zero attached hydrogens (tertiary/aromatic N) is 3. The van der Waals surface area contributed by atoms with Gasteiger partial charge in [-0.3, -0.25) is 14.0 Å². The summed E-state index contributed by atoms with van der Waals surface area (Å²) in [7, 11) is 0. The number of likely N-dealkylation sites (tertiary alicyclic amines) is 1. The van der Waals surface area contributed by atoms with Crippen LogP contribution in [0, 0.1) is 5.92 Å².